The van der Waals surface area contributed by atoms with E-state index in [0.717, 1.165) is 0 Å². The third-order valence-corrected chi connectivity index (χ3v) is 4.40. The zero-order chi connectivity index (χ0) is 13.8. The van der Waals surface area contributed by atoms with E-state index in [-0.39, 0.29) is 0 Å². The highest BCUT2D eigenvalue weighted by molar-refractivity contribution is 5.28. The Morgan fingerprint density at radius 1 is 1.11 bits per heavy atom. The second-order valence-electron chi connectivity index (χ2n) is 6.15. The van der Waals surface area contributed by atoms with Crippen LogP contribution in [-0.2, 0) is 0 Å². The molecule has 0 bridgehead atoms. The number of rotatable bonds is 4. The van der Waals surface area contributed by atoms with E-state index >= 15 is 0 Å². The number of piperidine rings is 1. The minimum absolute atomic E-state index is 0.455. The van der Waals surface area contributed by atoms with Gasteiger partial charge in [-0.05, 0) is 64.8 Å². The zero-order valence-electron chi connectivity index (χ0n) is 12.8. The van der Waals surface area contributed by atoms with Crippen molar-refractivity contribution in [3.8, 4) is 0 Å². The van der Waals surface area contributed by atoms with Gasteiger partial charge in [-0.1, -0.05) is 24.3 Å². The zero-order valence-corrected chi connectivity index (χ0v) is 12.8. The molecule has 2 heteroatoms. The first kappa shape index (κ1) is 14.5. The summed E-state index contributed by atoms with van der Waals surface area (Å²) in [5.74, 6) is 0. The topological polar surface area (TPSA) is 15.3 Å². The molecular formula is C17H28N2. The molecule has 1 atom stereocenters. The summed E-state index contributed by atoms with van der Waals surface area (Å²) >= 11 is 0. The minimum Gasteiger partial charge on any atom is -0.307 e. The Bertz CT molecular complexity index is 392. The van der Waals surface area contributed by atoms with Gasteiger partial charge in [0, 0.05) is 18.1 Å². The molecule has 1 aliphatic heterocycles. The lowest BCUT2D eigenvalue weighted by atomic mass is 9.98. The predicted molar refractivity (Wildman–Crippen MR) is 82.5 cm³/mol. The van der Waals surface area contributed by atoms with E-state index in [1.807, 2.05) is 0 Å². The molecule has 0 radical (unpaired) electrons. The van der Waals surface area contributed by atoms with Gasteiger partial charge in [0.15, 0.2) is 0 Å². The van der Waals surface area contributed by atoms with Crippen molar-refractivity contribution in [2.75, 3.05) is 13.1 Å². The number of hydrogen-bond acceptors (Lipinski definition) is 2. The van der Waals surface area contributed by atoms with Gasteiger partial charge in [-0.3, -0.25) is 0 Å². The highest BCUT2D eigenvalue weighted by Gasteiger charge is 2.22. The summed E-state index contributed by atoms with van der Waals surface area (Å²) < 4.78 is 0. The normalized spacial score (nSPS) is 19.8. The lowest BCUT2D eigenvalue weighted by molar-refractivity contribution is 0.157. The maximum Gasteiger partial charge on any atom is 0.0296 e. The monoisotopic (exact) mass is 260 g/mol. The molecule has 1 heterocycles. The first-order valence-electron chi connectivity index (χ1n) is 7.63. The summed E-state index contributed by atoms with van der Waals surface area (Å²) in [5, 5.41) is 3.81. The average molecular weight is 260 g/mol. The van der Waals surface area contributed by atoms with Crippen molar-refractivity contribution < 1.29 is 0 Å². The number of hydrogen-bond donors (Lipinski definition) is 1. The lowest BCUT2D eigenvalue weighted by Gasteiger charge is -2.36. The molecule has 1 aliphatic rings. The molecule has 0 aromatic heterocycles. The highest BCUT2D eigenvalue weighted by Crippen LogP contribution is 2.20. The quantitative estimate of drug-likeness (QED) is 0.891. The lowest BCUT2D eigenvalue weighted by Crippen LogP contribution is -2.45. The van der Waals surface area contributed by atoms with Gasteiger partial charge < -0.3 is 10.2 Å². The molecule has 0 spiro atoms. The highest BCUT2D eigenvalue weighted by atomic mass is 15.2. The summed E-state index contributed by atoms with van der Waals surface area (Å²) in [6.07, 6.45) is 2.54. The molecule has 0 aliphatic carbocycles. The van der Waals surface area contributed by atoms with Crippen LogP contribution < -0.4 is 5.32 Å². The Morgan fingerprint density at radius 3 is 2.32 bits per heavy atom. The van der Waals surface area contributed by atoms with Crippen molar-refractivity contribution in [1.29, 1.82) is 0 Å². The van der Waals surface area contributed by atoms with Crippen LogP contribution >= 0.6 is 0 Å². The van der Waals surface area contributed by atoms with Gasteiger partial charge in [-0.15, -0.1) is 0 Å². The molecule has 1 unspecified atom stereocenters. The first-order valence-corrected chi connectivity index (χ1v) is 7.63. The molecule has 106 valence electrons. The van der Waals surface area contributed by atoms with Crippen molar-refractivity contribution in [2.45, 2.75) is 58.7 Å². The Balaban J connectivity index is 1.87. The average Bonchev–Trinajstić information content (AvgIpc) is 2.39. The third kappa shape index (κ3) is 3.80. The van der Waals surface area contributed by atoms with Gasteiger partial charge in [0.05, 0.1) is 0 Å². The molecule has 19 heavy (non-hydrogen) atoms. The van der Waals surface area contributed by atoms with Gasteiger partial charge in [-0.25, -0.2) is 0 Å². The van der Waals surface area contributed by atoms with Crippen molar-refractivity contribution in [2.24, 2.45) is 0 Å². The van der Waals surface area contributed by atoms with Crippen LogP contribution in [-0.4, -0.2) is 30.1 Å². The molecule has 0 amide bonds. The standard InChI is InChI=1S/C17H28N2/c1-13(2)19-11-9-16(10-12-19)18-15(4)17-8-6-5-7-14(17)3/h5-8,13,15-16,18H,9-12H2,1-4H3. The number of nitrogens with zero attached hydrogens (tertiary/aromatic N) is 1. The number of likely N-dealkylation sites (tertiary alicyclic amines) is 1. The smallest absolute Gasteiger partial charge is 0.0296 e. The molecule has 1 N–H and O–H groups in total. The summed E-state index contributed by atoms with van der Waals surface area (Å²) in [7, 11) is 0. The molecule has 1 aromatic rings. The molecule has 1 fully saturated rings. The Kier molecular flexibility index (Phi) is 5.00. The van der Waals surface area contributed by atoms with Crippen molar-refractivity contribution in [3.63, 3.8) is 0 Å². The van der Waals surface area contributed by atoms with Gasteiger partial charge in [0.1, 0.15) is 0 Å². The minimum atomic E-state index is 0.455. The van der Waals surface area contributed by atoms with E-state index in [1.165, 1.54) is 37.1 Å². The predicted octanol–water partition coefficient (Wildman–Crippen LogP) is 3.52. The molecule has 0 saturated carbocycles. The van der Waals surface area contributed by atoms with Crippen LogP contribution in [0.4, 0.5) is 0 Å². The summed E-state index contributed by atoms with van der Waals surface area (Å²) in [4.78, 5) is 2.58. The number of nitrogens with one attached hydrogen (secondary N) is 1. The van der Waals surface area contributed by atoms with E-state index < -0.39 is 0 Å². The largest absolute Gasteiger partial charge is 0.307 e. The van der Waals surface area contributed by atoms with E-state index in [1.54, 1.807) is 0 Å². The SMILES string of the molecule is Cc1ccccc1C(C)NC1CCN(C(C)C)CC1. The van der Waals surface area contributed by atoms with Gasteiger partial charge in [0.2, 0.25) is 0 Å². The van der Waals surface area contributed by atoms with Crippen LogP contribution in [0.1, 0.15) is 50.8 Å². The molecule has 2 nitrogen and oxygen atoms in total. The third-order valence-electron chi connectivity index (χ3n) is 4.40. The van der Waals surface area contributed by atoms with Gasteiger partial charge >= 0.3 is 0 Å². The van der Waals surface area contributed by atoms with E-state index in [0.29, 0.717) is 18.1 Å². The summed E-state index contributed by atoms with van der Waals surface area (Å²) in [5.41, 5.74) is 2.83. The number of benzene rings is 1. The van der Waals surface area contributed by atoms with Gasteiger partial charge in [0.25, 0.3) is 0 Å². The Labute approximate surface area is 118 Å². The fourth-order valence-electron chi connectivity index (χ4n) is 3.10. The van der Waals surface area contributed by atoms with E-state index in [4.69, 9.17) is 0 Å². The number of aryl methyl sites for hydroxylation is 1. The van der Waals surface area contributed by atoms with Crippen LogP contribution in [0.5, 0.6) is 0 Å². The van der Waals surface area contributed by atoms with Crippen LogP contribution in [0.25, 0.3) is 0 Å². The summed E-state index contributed by atoms with van der Waals surface area (Å²) in [6.45, 7) is 11.5. The fraction of sp³-hybridized carbons (Fsp3) is 0.647. The molecule has 1 saturated heterocycles. The van der Waals surface area contributed by atoms with Gasteiger partial charge in [-0.2, -0.15) is 0 Å². The van der Waals surface area contributed by atoms with Crippen LogP contribution in [0, 0.1) is 6.92 Å². The maximum atomic E-state index is 3.81. The van der Waals surface area contributed by atoms with Crippen molar-refractivity contribution in [1.82, 2.24) is 10.2 Å². The Morgan fingerprint density at radius 2 is 1.74 bits per heavy atom. The maximum absolute atomic E-state index is 3.81. The fourth-order valence-corrected chi connectivity index (χ4v) is 3.10. The van der Waals surface area contributed by atoms with Crippen molar-refractivity contribution >= 4 is 0 Å². The molecule has 1 aromatic carbocycles. The van der Waals surface area contributed by atoms with E-state index in [2.05, 4.69) is 62.2 Å². The van der Waals surface area contributed by atoms with Crippen LogP contribution in [0.3, 0.4) is 0 Å². The van der Waals surface area contributed by atoms with Crippen molar-refractivity contribution in [3.05, 3.63) is 35.4 Å². The van der Waals surface area contributed by atoms with E-state index in [9.17, 15) is 0 Å². The first-order chi connectivity index (χ1) is 9.08. The molecule has 2 rings (SSSR count). The Hall–Kier alpha value is -0.860. The molecular weight excluding hydrogens is 232 g/mol. The van der Waals surface area contributed by atoms with Crippen LogP contribution in [0.15, 0.2) is 24.3 Å². The second-order valence-corrected chi connectivity index (χ2v) is 6.15. The summed E-state index contributed by atoms with van der Waals surface area (Å²) in [6, 6.07) is 10.5. The second kappa shape index (κ2) is 6.53. The van der Waals surface area contributed by atoms with Crippen LogP contribution in [0.2, 0.25) is 0 Å².